The molecule has 21 heavy (non-hydrogen) atoms. The van der Waals surface area contributed by atoms with Crippen molar-refractivity contribution in [2.24, 2.45) is 0 Å². The van der Waals surface area contributed by atoms with Crippen LogP contribution in [0.5, 0.6) is 0 Å². The first-order valence-corrected chi connectivity index (χ1v) is 8.26. The van der Waals surface area contributed by atoms with Gasteiger partial charge in [0.2, 0.25) is 0 Å². The predicted octanol–water partition coefficient (Wildman–Crippen LogP) is 2.21. The van der Waals surface area contributed by atoms with Crippen molar-refractivity contribution in [1.29, 1.82) is 0 Å². The second-order valence-corrected chi connectivity index (χ2v) is 5.65. The summed E-state index contributed by atoms with van der Waals surface area (Å²) in [5.74, 6) is 2.74. The molecule has 6 nitrogen and oxygen atoms in total. The maximum atomic E-state index is 4.75. The highest BCUT2D eigenvalue weighted by Gasteiger charge is 2.18. The first-order valence-electron chi connectivity index (χ1n) is 7.38. The molecule has 0 saturated carbocycles. The summed E-state index contributed by atoms with van der Waals surface area (Å²) in [6.07, 6.45) is 3.75. The van der Waals surface area contributed by atoms with Gasteiger partial charge in [-0.15, -0.1) is 16.4 Å². The molecule has 0 saturated heterocycles. The Morgan fingerprint density at radius 3 is 2.76 bits per heavy atom. The van der Waals surface area contributed by atoms with Gasteiger partial charge in [-0.1, -0.05) is 20.8 Å². The highest BCUT2D eigenvalue weighted by atomic mass is 32.1. The fourth-order valence-corrected chi connectivity index (χ4v) is 3.07. The average Bonchev–Trinajstić information content (AvgIpc) is 3.18. The van der Waals surface area contributed by atoms with Gasteiger partial charge < -0.3 is 5.32 Å². The van der Waals surface area contributed by atoms with Crippen LogP contribution >= 0.6 is 11.3 Å². The van der Waals surface area contributed by atoms with Crippen molar-refractivity contribution in [2.75, 3.05) is 6.54 Å². The van der Waals surface area contributed by atoms with E-state index in [0.717, 1.165) is 54.1 Å². The van der Waals surface area contributed by atoms with Crippen LogP contribution in [0, 0.1) is 0 Å². The van der Waals surface area contributed by atoms with E-state index in [1.807, 2.05) is 4.68 Å². The van der Waals surface area contributed by atoms with Crippen molar-refractivity contribution >= 4 is 16.3 Å². The minimum Gasteiger partial charge on any atom is -0.311 e. The van der Waals surface area contributed by atoms with E-state index >= 15 is 0 Å². The summed E-state index contributed by atoms with van der Waals surface area (Å²) in [6, 6.07) is 0. The second kappa shape index (κ2) is 5.95. The molecule has 3 heterocycles. The average molecular weight is 304 g/mol. The van der Waals surface area contributed by atoms with Crippen LogP contribution in [0.15, 0.2) is 11.6 Å². The van der Waals surface area contributed by atoms with Gasteiger partial charge >= 0.3 is 0 Å². The summed E-state index contributed by atoms with van der Waals surface area (Å²) in [5, 5.41) is 10.1. The van der Waals surface area contributed by atoms with Crippen LogP contribution in [0.4, 0.5) is 0 Å². The largest absolute Gasteiger partial charge is 0.311 e. The second-order valence-electron chi connectivity index (χ2n) is 4.78. The van der Waals surface area contributed by atoms with Crippen LogP contribution in [-0.4, -0.2) is 30.7 Å². The Kier molecular flexibility index (Phi) is 4.03. The number of nitrogens with one attached hydrogen (secondary N) is 1. The number of fused-ring (bicyclic) bond motifs is 1. The maximum absolute atomic E-state index is 4.75. The Balaban J connectivity index is 2.14. The van der Waals surface area contributed by atoms with Crippen molar-refractivity contribution in [1.82, 2.24) is 29.5 Å². The minimum atomic E-state index is 0.772. The third kappa shape index (κ3) is 2.47. The lowest BCUT2D eigenvalue weighted by Crippen LogP contribution is -2.16. The number of thiazole rings is 1. The van der Waals surface area contributed by atoms with Gasteiger partial charge in [0.1, 0.15) is 5.82 Å². The normalized spacial score (nSPS) is 11.6. The number of rotatable bonds is 6. The number of hydrogen-bond donors (Lipinski definition) is 1. The fourth-order valence-electron chi connectivity index (χ4n) is 2.34. The molecule has 0 radical (unpaired) electrons. The number of aromatic nitrogens is 5. The molecular weight excluding hydrogens is 284 g/mol. The Morgan fingerprint density at radius 1 is 1.19 bits per heavy atom. The summed E-state index contributed by atoms with van der Waals surface area (Å²) >= 11 is 1.64. The van der Waals surface area contributed by atoms with Gasteiger partial charge in [-0.2, -0.15) is 9.67 Å². The molecule has 112 valence electrons. The van der Waals surface area contributed by atoms with Gasteiger partial charge in [0, 0.05) is 31.0 Å². The number of nitrogens with zero attached hydrogens (tertiary/aromatic N) is 5. The zero-order valence-electron chi connectivity index (χ0n) is 12.6. The standard InChI is InChI=1S/C14H20N6S/c1-4-11-16-12(5-2)20(18-11)13-10(9-15-6-3)19-7-8-21-14(19)17-13/h7-8,15H,4-6,9H2,1-3H3. The van der Waals surface area contributed by atoms with E-state index in [1.165, 1.54) is 0 Å². The van der Waals surface area contributed by atoms with Crippen molar-refractivity contribution in [3.63, 3.8) is 0 Å². The third-order valence-corrected chi connectivity index (χ3v) is 4.19. The molecule has 0 unspecified atom stereocenters. The van der Waals surface area contributed by atoms with E-state index in [1.54, 1.807) is 11.3 Å². The van der Waals surface area contributed by atoms with Crippen LogP contribution < -0.4 is 5.32 Å². The van der Waals surface area contributed by atoms with Crippen LogP contribution in [0.25, 0.3) is 10.8 Å². The van der Waals surface area contributed by atoms with Crippen molar-refractivity contribution < 1.29 is 0 Å². The fraction of sp³-hybridized carbons (Fsp3) is 0.500. The zero-order chi connectivity index (χ0) is 14.8. The molecule has 0 aliphatic carbocycles. The molecule has 3 aromatic rings. The summed E-state index contributed by atoms with van der Waals surface area (Å²) in [7, 11) is 0. The van der Waals surface area contributed by atoms with E-state index in [-0.39, 0.29) is 0 Å². The Hall–Kier alpha value is -1.73. The summed E-state index contributed by atoms with van der Waals surface area (Å²) in [6.45, 7) is 7.98. The van der Waals surface area contributed by atoms with E-state index in [9.17, 15) is 0 Å². The molecule has 0 aliphatic rings. The first kappa shape index (κ1) is 14.2. The van der Waals surface area contributed by atoms with Crippen molar-refractivity contribution in [3.05, 3.63) is 28.9 Å². The Bertz CT molecular complexity index is 738. The topological polar surface area (TPSA) is 60.0 Å². The Labute approximate surface area is 127 Å². The Morgan fingerprint density at radius 2 is 2.05 bits per heavy atom. The molecule has 0 atom stereocenters. The van der Waals surface area contributed by atoms with Crippen molar-refractivity contribution in [3.8, 4) is 5.82 Å². The van der Waals surface area contributed by atoms with E-state index in [0.29, 0.717) is 0 Å². The highest BCUT2D eigenvalue weighted by Crippen LogP contribution is 2.21. The SMILES string of the molecule is CCNCc1c(-n2nc(CC)nc2CC)nc2sccn12. The van der Waals surface area contributed by atoms with Crippen LogP contribution in [0.3, 0.4) is 0 Å². The van der Waals surface area contributed by atoms with Gasteiger partial charge in [0.25, 0.3) is 0 Å². The third-order valence-electron chi connectivity index (χ3n) is 3.43. The molecule has 3 aromatic heterocycles. The molecule has 0 amide bonds. The number of aryl methyl sites for hydroxylation is 2. The van der Waals surface area contributed by atoms with Crippen LogP contribution in [0.2, 0.25) is 0 Å². The minimum absolute atomic E-state index is 0.772. The summed E-state index contributed by atoms with van der Waals surface area (Å²) in [4.78, 5) is 10.3. The molecule has 0 spiro atoms. The van der Waals surface area contributed by atoms with Crippen LogP contribution in [-0.2, 0) is 19.4 Å². The van der Waals surface area contributed by atoms with Gasteiger partial charge in [-0.3, -0.25) is 4.40 Å². The molecule has 7 heteroatoms. The van der Waals surface area contributed by atoms with E-state index < -0.39 is 0 Å². The smallest absolute Gasteiger partial charge is 0.196 e. The number of hydrogen-bond acceptors (Lipinski definition) is 5. The van der Waals surface area contributed by atoms with E-state index in [2.05, 4.69) is 52.1 Å². The highest BCUT2D eigenvalue weighted by molar-refractivity contribution is 7.15. The van der Waals surface area contributed by atoms with Gasteiger partial charge in [-0.25, -0.2) is 4.98 Å². The molecular formula is C14H20N6S. The quantitative estimate of drug-likeness (QED) is 0.758. The first-order chi connectivity index (χ1) is 10.3. The molecule has 0 aliphatic heterocycles. The lowest BCUT2D eigenvalue weighted by Gasteiger charge is -2.06. The molecule has 0 aromatic carbocycles. The molecule has 0 fully saturated rings. The number of imidazole rings is 1. The van der Waals surface area contributed by atoms with Gasteiger partial charge in [-0.05, 0) is 6.54 Å². The van der Waals surface area contributed by atoms with E-state index in [4.69, 9.17) is 4.98 Å². The maximum Gasteiger partial charge on any atom is 0.196 e. The monoisotopic (exact) mass is 304 g/mol. The summed E-state index contributed by atoms with van der Waals surface area (Å²) < 4.78 is 4.04. The zero-order valence-corrected chi connectivity index (χ0v) is 13.4. The van der Waals surface area contributed by atoms with Crippen molar-refractivity contribution in [2.45, 2.75) is 40.2 Å². The molecule has 1 N–H and O–H groups in total. The lowest BCUT2D eigenvalue weighted by atomic mass is 10.4. The summed E-state index contributed by atoms with van der Waals surface area (Å²) in [5.41, 5.74) is 1.13. The molecule has 3 rings (SSSR count). The van der Waals surface area contributed by atoms with Gasteiger partial charge in [0.05, 0.1) is 5.69 Å². The van der Waals surface area contributed by atoms with Crippen LogP contribution in [0.1, 0.15) is 38.1 Å². The predicted molar refractivity (Wildman–Crippen MR) is 84.1 cm³/mol. The molecule has 0 bridgehead atoms. The lowest BCUT2D eigenvalue weighted by molar-refractivity contribution is 0.687. The van der Waals surface area contributed by atoms with Gasteiger partial charge in [0.15, 0.2) is 16.6 Å².